The van der Waals surface area contributed by atoms with Crippen molar-refractivity contribution in [3.8, 4) is 0 Å². The third-order valence-corrected chi connectivity index (χ3v) is 4.53. The molecule has 2 rings (SSSR count). The Morgan fingerprint density at radius 1 is 1.39 bits per heavy atom. The molecule has 1 aromatic carbocycles. The molecule has 0 bridgehead atoms. The van der Waals surface area contributed by atoms with Gasteiger partial charge in [0.15, 0.2) is 0 Å². The van der Waals surface area contributed by atoms with Crippen LogP contribution < -0.4 is 5.73 Å². The number of rotatable bonds is 2. The van der Waals surface area contributed by atoms with Gasteiger partial charge in [0.25, 0.3) is 0 Å². The second kappa shape index (κ2) is 5.01. The van der Waals surface area contributed by atoms with Gasteiger partial charge in [-0.15, -0.1) is 0 Å². The van der Waals surface area contributed by atoms with Crippen molar-refractivity contribution in [2.24, 2.45) is 0 Å². The normalized spacial score (nSPS) is 22.1. The largest absolute Gasteiger partial charge is 0.418 e. The van der Waals surface area contributed by atoms with Crippen LogP contribution in [0, 0.1) is 0 Å². The van der Waals surface area contributed by atoms with E-state index in [1.807, 2.05) is 0 Å². The molecule has 0 aromatic heterocycles. The van der Waals surface area contributed by atoms with E-state index in [9.17, 15) is 18.3 Å². The number of hydrogen-bond acceptors (Lipinski definition) is 3. The summed E-state index contributed by atoms with van der Waals surface area (Å²) in [6, 6.07) is 3.69. The maximum absolute atomic E-state index is 12.7. The van der Waals surface area contributed by atoms with E-state index in [-0.39, 0.29) is 16.5 Å². The van der Waals surface area contributed by atoms with Gasteiger partial charge in [-0.1, -0.05) is 12.1 Å². The van der Waals surface area contributed by atoms with Gasteiger partial charge >= 0.3 is 6.18 Å². The number of benzene rings is 1. The summed E-state index contributed by atoms with van der Waals surface area (Å²) in [5.74, 6) is 0.931. The maximum atomic E-state index is 12.7. The SMILES string of the molecule is Nc1c(C(O)C2CCCS2)cccc1C(F)(F)F. The van der Waals surface area contributed by atoms with E-state index in [1.165, 1.54) is 12.1 Å². The van der Waals surface area contributed by atoms with Crippen LogP contribution in [0.5, 0.6) is 0 Å². The average Bonchev–Trinajstić information content (AvgIpc) is 2.80. The van der Waals surface area contributed by atoms with Crippen LogP contribution in [-0.4, -0.2) is 16.1 Å². The number of thioether (sulfide) groups is 1. The Morgan fingerprint density at radius 2 is 2.11 bits per heavy atom. The van der Waals surface area contributed by atoms with Crippen molar-refractivity contribution in [1.29, 1.82) is 0 Å². The lowest BCUT2D eigenvalue weighted by Gasteiger charge is -2.21. The van der Waals surface area contributed by atoms with Crippen LogP contribution in [0.1, 0.15) is 30.1 Å². The molecule has 6 heteroatoms. The van der Waals surface area contributed by atoms with E-state index in [2.05, 4.69) is 0 Å². The standard InChI is InChI=1S/C12H14F3NOS/c13-12(14,15)8-4-1-3-7(10(8)16)11(17)9-5-2-6-18-9/h1,3-4,9,11,17H,2,5-6,16H2. The Bertz CT molecular complexity index is 430. The average molecular weight is 277 g/mol. The third kappa shape index (κ3) is 2.59. The fraction of sp³-hybridized carbons (Fsp3) is 0.500. The number of aliphatic hydroxyl groups is 1. The van der Waals surface area contributed by atoms with E-state index >= 15 is 0 Å². The molecule has 0 saturated carbocycles. The molecular weight excluding hydrogens is 263 g/mol. The summed E-state index contributed by atoms with van der Waals surface area (Å²) in [6.45, 7) is 0. The molecule has 18 heavy (non-hydrogen) atoms. The van der Waals surface area contributed by atoms with Crippen molar-refractivity contribution in [3.05, 3.63) is 29.3 Å². The van der Waals surface area contributed by atoms with Gasteiger partial charge in [0, 0.05) is 16.5 Å². The zero-order chi connectivity index (χ0) is 13.3. The molecule has 1 aromatic rings. The molecule has 2 unspecified atom stereocenters. The highest BCUT2D eigenvalue weighted by Crippen LogP contribution is 2.41. The minimum absolute atomic E-state index is 0.0595. The molecule has 1 aliphatic heterocycles. The number of nitrogen functional groups attached to an aromatic ring is 1. The van der Waals surface area contributed by atoms with Crippen molar-refractivity contribution in [1.82, 2.24) is 0 Å². The first-order chi connectivity index (χ1) is 8.41. The first-order valence-electron chi connectivity index (χ1n) is 5.66. The van der Waals surface area contributed by atoms with Crippen LogP contribution in [0.15, 0.2) is 18.2 Å². The third-order valence-electron chi connectivity index (χ3n) is 3.08. The Kier molecular flexibility index (Phi) is 3.77. The van der Waals surface area contributed by atoms with Crippen LogP contribution in [0.25, 0.3) is 0 Å². The lowest BCUT2D eigenvalue weighted by molar-refractivity contribution is -0.137. The molecule has 3 N–H and O–H groups in total. The van der Waals surface area contributed by atoms with Crippen molar-refractivity contribution in [2.45, 2.75) is 30.4 Å². The summed E-state index contributed by atoms with van der Waals surface area (Å²) in [4.78, 5) is 0. The summed E-state index contributed by atoms with van der Waals surface area (Å²) in [6.07, 6.45) is -3.63. The Balaban J connectivity index is 2.33. The minimum atomic E-state index is -4.48. The van der Waals surface area contributed by atoms with E-state index < -0.39 is 17.8 Å². The lowest BCUT2D eigenvalue weighted by Crippen LogP contribution is -2.17. The fourth-order valence-corrected chi connectivity index (χ4v) is 3.44. The molecule has 100 valence electrons. The monoisotopic (exact) mass is 277 g/mol. The number of halogens is 3. The number of nitrogens with two attached hydrogens (primary N) is 1. The predicted molar refractivity (Wildman–Crippen MR) is 66.3 cm³/mol. The van der Waals surface area contributed by atoms with Crippen LogP contribution >= 0.6 is 11.8 Å². The highest BCUT2D eigenvalue weighted by molar-refractivity contribution is 8.00. The number of aliphatic hydroxyl groups excluding tert-OH is 1. The lowest BCUT2D eigenvalue weighted by atomic mass is 9.99. The zero-order valence-corrected chi connectivity index (χ0v) is 10.4. The van der Waals surface area contributed by atoms with E-state index in [0.29, 0.717) is 0 Å². The van der Waals surface area contributed by atoms with Crippen LogP contribution in [0.3, 0.4) is 0 Å². The van der Waals surface area contributed by atoms with Gasteiger partial charge in [-0.25, -0.2) is 0 Å². The topological polar surface area (TPSA) is 46.2 Å². The zero-order valence-electron chi connectivity index (χ0n) is 9.57. The molecule has 0 spiro atoms. The van der Waals surface area contributed by atoms with Gasteiger partial charge in [-0.05, 0) is 24.7 Å². The van der Waals surface area contributed by atoms with Gasteiger partial charge in [-0.2, -0.15) is 24.9 Å². The van der Waals surface area contributed by atoms with Crippen LogP contribution in [-0.2, 0) is 6.18 Å². The van der Waals surface area contributed by atoms with Gasteiger partial charge in [0.1, 0.15) is 0 Å². The number of hydrogen-bond donors (Lipinski definition) is 2. The van der Waals surface area contributed by atoms with E-state index in [1.54, 1.807) is 11.8 Å². The van der Waals surface area contributed by atoms with Crippen molar-refractivity contribution < 1.29 is 18.3 Å². The molecule has 1 fully saturated rings. The van der Waals surface area contributed by atoms with Crippen molar-refractivity contribution in [3.63, 3.8) is 0 Å². The van der Waals surface area contributed by atoms with Crippen LogP contribution in [0.2, 0.25) is 0 Å². The highest BCUT2D eigenvalue weighted by atomic mass is 32.2. The number of para-hydroxylation sites is 1. The summed E-state index contributed by atoms with van der Waals surface area (Å²) < 4.78 is 38.1. The molecule has 2 nitrogen and oxygen atoms in total. The van der Waals surface area contributed by atoms with Crippen molar-refractivity contribution in [2.75, 3.05) is 11.5 Å². The molecular formula is C12H14F3NOS. The number of alkyl halides is 3. The minimum Gasteiger partial charge on any atom is -0.398 e. The van der Waals surface area contributed by atoms with Crippen molar-refractivity contribution >= 4 is 17.4 Å². The van der Waals surface area contributed by atoms with Gasteiger partial charge in [0.05, 0.1) is 11.7 Å². The maximum Gasteiger partial charge on any atom is 0.418 e. The molecule has 2 atom stereocenters. The predicted octanol–water partition coefficient (Wildman–Crippen LogP) is 3.22. The summed E-state index contributed by atoms with van der Waals surface area (Å²) in [5.41, 5.74) is 4.50. The molecule has 1 heterocycles. The van der Waals surface area contributed by atoms with Gasteiger partial charge in [0.2, 0.25) is 0 Å². The first-order valence-corrected chi connectivity index (χ1v) is 6.71. The second-order valence-corrected chi connectivity index (χ2v) is 5.65. The van der Waals surface area contributed by atoms with Crippen LogP contribution in [0.4, 0.5) is 18.9 Å². The summed E-state index contributed by atoms with van der Waals surface area (Å²) in [7, 11) is 0. The Morgan fingerprint density at radius 3 is 2.67 bits per heavy atom. The fourth-order valence-electron chi connectivity index (χ4n) is 2.14. The highest BCUT2D eigenvalue weighted by Gasteiger charge is 2.35. The molecule has 0 amide bonds. The molecule has 0 aliphatic carbocycles. The van der Waals surface area contributed by atoms with Gasteiger partial charge in [-0.3, -0.25) is 0 Å². The Hall–Kier alpha value is -0.880. The van der Waals surface area contributed by atoms with E-state index in [4.69, 9.17) is 5.73 Å². The quantitative estimate of drug-likeness (QED) is 0.816. The summed E-state index contributed by atoms with van der Waals surface area (Å²) >= 11 is 1.58. The van der Waals surface area contributed by atoms with E-state index in [0.717, 1.165) is 24.7 Å². The van der Waals surface area contributed by atoms with Gasteiger partial charge < -0.3 is 10.8 Å². The molecule has 1 aliphatic rings. The summed E-state index contributed by atoms with van der Waals surface area (Å²) in [5, 5.41) is 10.1. The second-order valence-electron chi connectivity index (χ2n) is 4.30. The molecule has 1 saturated heterocycles. The molecule has 0 radical (unpaired) electrons. The Labute approximate surface area is 107 Å². The first kappa shape index (κ1) is 13.5. The smallest absolute Gasteiger partial charge is 0.398 e. The number of anilines is 1.